The second kappa shape index (κ2) is 6.24. The van der Waals surface area contributed by atoms with Crippen LogP contribution in [-0.4, -0.2) is 43.1 Å². The first-order valence-electron chi connectivity index (χ1n) is 7.15. The maximum absolute atomic E-state index is 12.8. The molecule has 1 saturated heterocycles. The lowest BCUT2D eigenvalue weighted by Gasteiger charge is -2.19. The molecule has 2 N–H and O–H groups in total. The van der Waals surface area contributed by atoms with E-state index in [1.165, 1.54) is 0 Å². The largest absolute Gasteiger partial charge is 0.316 e. The Morgan fingerprint density at radius 1 is 1.40 bits per heavy atom. The Bertz CT molecular complexity index is 553. The standard InChI is InChI=1S/C13H24N4O2S/c1-10-5-4-7-17(8-6-10)20(18,19)13-12(9-14-3)11(2)15-16-13/h10,14H,4-9H2,1-3H3,(H,15,16). The van der Waals surface area contributed by atoms with Gasteiger partial charge >= 0.3 is 0 Å². The van der Waals surface area contributed by atoms with Gasteiger partial charge in [-0.25, -0.2) is 8.42 Å². The highest BCUT2D eigenvalue weighted by molar-refractivity contribution is 7.89. The fourth-order valence-electron chi connectivity index (χ4n) is 2.63. The lowest BCUT2D eigenvalue weighted by molar-refractivity contribution is 0.414. The minimum absolute atomic E-state index is 0.180. The summed E-state index contributed by atoms with van der Waals surface area (Å²) >= 11 is 0. The summed E-state index contributed by atoms with van der Waals surface area (Å²) in [6, 6.07) is 0. The molecule has 1 aromatic heterocycles. The van der Waals surface area contributed by atoms with E-state index < -0.39 is 10.0 Å². The molecule has 1 unspecified atom stereocenters. The topological polar surface area (TPSA) is 78.1 Å². The average molecular weight is 300 g/mol. The number of rotatable bonds is 4. The summed E-state index contributed by atoms with van der Waals surface area (Å²) in [5, 5.41) is 10.0. The van der Waals surface area contributed by atoms with Crippen LogP contribution in [0, 0.1) is 12.8 Å². The number of nitrogens with one attached hydrogen (secondary N) is 2. The Labute approximate surface area is 121 Å². The first kappa shape index (κ1) is 15.5. The number of aryl methyl sites for hydroxylation is 1. The van der Waals surface area contributed by atoms with E-state index >= 15 is 0 Å². The molecule has 1 fully saturated rings. The first-order valence-corrected chi connectivity index (χ1v) is 8.59. The number of hydrogen-bond acceptors (Lipinski definition) is 4. The highest BCUT2D eigenvalue weighted by atomic mass is 32.2. The second-order valence-electron chi connectivity index (χ2n) is 5.60. The van der Waals surface area contributed by atoms with Gasteiger partial charge in [0.2, 0.25) is 0 Å². The van der Waals surface area contributed by atoms with Crippen molar-refractivity contribution in [2.24, 2.45) is 5.92 Å². The number of aromatic nitrogens is 2. The predicted octanol–water partition coefficient (Wildman–Crippen LogP) is 1.25. The lowest BCUT2D eigenvalue weighted by atomic mass is 10.0. The van der Waals surface area contributed by atoms with Crippen LogP contribution in [0.3, 0.4) is 0 Å². The van der Waals surface area contributed by atoms with Crippen molar-refractivity contribution in [3.05, 3.63) is 11.3 Å². The molecule has 1 aliphatic rings. The van der Waals surface area contributed by atoms with Crippen molar-refractivity contribution in [2.45, 2.75) is 44.7 Å². The van der Waals surface area contributed by atoms with Crippen molar-refractivity contribution in [2.75, 3.05) is 20.1 Å². The SMILES string of the molecule is CNCc1c(S(=O)(=O)N2CCCC(C)CC2)n[nH]c1C. The molecule has 0 bridgehead atoms. The molecule has 0 aliphatic carbocycles. The van der Waals surface area contributed by atoms with Gasteiger partial charge in [0.15, 0.2) is 5.03 Å². The molecule has 0 aromatic carbocycles. The third kappa shape index (κ3) is 3.05. The average Bonchev–Trinajstić information content (AvgIpc) is 2.62. The Morgan fingerprint density at radius 2 is 2.15 bits per heavy atom. The molecule has 0 saturated carbocycles. The van der Waals surface area contributed by atoms with E-state index in [1.807, 2.05) is 6.92 Å². The van der Waals surface area contributed by atoms with Gasteiger partial charge in [0.25, 0.3) is 10.0 Å². The molecule has 20 heavy (non-hydrogen) atoms. The molecule has 2 rings (SSSR count). The summed E-state index contributed by atoms with van der Waals surface area (Å²) in [6.45, 7) is 5.72. The smallest absolute Gasteiger partial charge is 0.262 e. The Hall–Kier alpha value is -0.920. The monoisotopic (exact) mass is 300 g/mol. The number of H-pyrrole nitrogens is 1. The van der Waals surface area contributed by atoms with Crippen LogP contribution in [0.2, 0.25) is 0 Å². The van der Waals surface area contributed by atoms with Crippen molar-refractivity contribution in [3.63, 3.8) is 0 Å². The van der Waals surface area contributed by atoms with Gasteiger partial charge in [-0.15, -0.1) is 0 Å². The molecule has 0 amide bonds. The molecule has 2 heterocycles. The van der Waals surface area contributed by atoms with Crippen LogP contribution in [0.15, 0.2) is 5.03 Å². The summed E-state index contributed by atoms with van der Waals surface area (Å²) in [5.41, 5.74) is 1.55. The van der Waals surface area contributed by atoms with Crippen LogP contribution < -0.4 is 5.32 Å². The molecule has 1 atom stereocenters. The van der Waals surface area contributed by atoms with Crippen LogP contribution in [0.1, 0.15) is 37.4 Å². The molecular weight excluding hydrogens is 276 g/mol. The number of hydrogen-bond donors (Lipinski definition) is 2. The molecule has 0 radical (unpaired) electrons. The maximum atomic E-state index is 12.8. The Balaban J connectivity index is 2.30. The Morgan fingerprint density at radius 3 is 2.85 bits per heavy atom. The van der Waals surface area contributed by atoms with Crippen molar-refractivity contribution in [3.8, 4) is 0 Å². The van der Waals surface area contributed by atoms with E-state index in [4.69, 9.17) is 0 Å². The van der Waals surface area contributed by atoms with Gasteiger partial charge in [0.05, 0.1) is 0 Å². The van der Waals surface area contributed by atoms with Gasteiger partial charge in [-0.3, -0.25) is 5.10 Å². The van der Waals surface area contributed by atoms with E-state index in [-0.39, 0.29) is 5.03 Å². The van der Waals surface area contributed by atoms with Crippen molar-refractivity contribution >= 4 is 10.0 Å². The van der Waals surface area contributed by atoms with E-state index in [1.54, 1.807) is 11.4 Å². The fraction of sp³-hybridized carbons (Fsp3) is 0.769. The molecule has 1 aliphatic heterocycles. The van der Waals surface area contributed by atoms with Gasteiger partial charge in [-0.1, -0.05) is 6.92 Å². The van der Waals surface area contributed by atoms with Gasteiger partial charge < -0.3 is 5.32 Å². The summed E-state index contributed by atoms with van der Waals surface area (Å²) in [4.78, 5) is 0. The lowest BCUT2D eigenvalue weighted by Crippen LogP contribution is -2.33. The quantitative estimate of drug-likeness (QED) is 0.877. The molecule has 6 nitrogen and oxygen atoms in total. The van der Waals surface area contributed by atoms with Crippen molar-refractivity contribution < 1.29 is 8.42 Å². The zero-order valence-corrected chi connectivity index (χ0v) is 13.3. The highest BCUT2D eigenvalue weighted by Crippen LogP contribution is 2.24. The van der Waals surface area contributed by atoms with Gasteiger partial charge in [0.1, 0.15) is 0 Å². The summed E-state index contributed by atoms with van der Waals surface area (Å²) in [5.74, 6) is 0.591. The van der Waals surface area contributed by atoms with Gasteiger partial charge in [-0.2, -0.15) is 9.40 Å². The summed E-state index contributed by atoms with van der Waals surface area (Å²) in [6.07, 6.45) is 2.93. The van der Waals surface area contributed by atoms with E-state index in [9.17, 15) is 8.42 Å². The molecule has 1 aromatic rings. The zero-order chi connectivity index (χ0) is 14.8. The molecule has 0 spiro atoms. The normalized spacial score (nSPS) is 21.9. The summed E-state index contributed by atoms with van der Waals surface area (Å²) < 4.78 is 27.1. The second-order valence-corrected chi connectivity index (χ2v) is 7.46. The molecule has 114 valence electrons. The zero-order valence-electron chi connectivity index (χ0n) is 12.4. The Kier molecular flexibility index (Phi) is 4.82. The minimum atomic E-state index is -3.49. The van der Waals surface area contributed by atoms with E-state index in [0.29, 0.717) is 25.6 Å². The van der Waals surface area contributed by atoms with Crippen LogP contribution in [-0.2, 0) is 16.6 Å². The van der Waals surface area contributed by atoms with Gasteiger partial charge in [-0.05, 0) is 39.2 Å². The van der Waals surface area contributed by atoms with E-state index in [0.717, 1.165) is 30.5 Å². The van der Waals surface area contributed by atoms with Crippen LogP contribution in [0.4, 0.5) is 0 Å². The van der Waals surface area contributed by atoms with Crippen molar-refractivity contribution in [1.29, 1.82) is 0 Å². The predicted molar refractivity (Wildman–Crippen MR) is 77.9 cm³/mol. The third-order valence-electron chi connectivity index (χ3n) is 3.95. The van der Waals surface area contributed by atoms with Crippen LogP contribution in [0.5, 0.6) is 0 Å². The van der Waals surface area contributed by atoms with E-state index in [2.05, 4.69) is 22.4 Å². The number of nitrogens with zero attached hydrogens (tertiary/aromatic N) is 2. The number of aromatic amines is 1. The maximum Gasteiger partial charge on any atom is 0.262 e. The summed E-state index contributed by atoms with van der Waals surface area (Å²) in [7, 11) is -1.69. The number of sulfonamides is 1. The van der Waals surface area contributed by atoms with Crippen LogP contribution in [0.25, 0.3) is 0 Å². The van der Waals surface area contributed by atoms with Crippen molar-refractivity contribution in [1.82, 2.24) is 19.8 Å². The third-order valence-corrected chi connectivity index (χ3v) is 5.82. The molecular formula is C13H24N4O2S. The van der Waals surface area contributed by atoms with Crippen LogP contribution >= 0.6 is 0 Å². The highest BCUT2D eigenvalue weighted by Gasteiger charge is 2.31. The fourth-order valence-corrected chi connectivity index (χ4v) is 4.29. The first-order chi connectivity index (χ1) is 9.46. The molecule has 7 heteroatoms. The van der Waals surface area contributed by atoms with Gasteiger partial charge in [0, 0.05) is 30.9 Å². The minimum Gasteiger partial charge on any atom is -0.316 e.